The van der Waals surface area contributed by atoms with Crippen LogP contribution in [0.3, 0.4) is 0 Å². The van der Waals surface area contributed by atoms with Gasteiger partial charge >= 0.3 is 57.4 Å². The zero-order valence-electron chi connectivity index (χ0n) is 4.75. The van der Waals surface area contributed by atoms with Crippen molar-refractivity contribution in [2.24, 2.45) is 0 Å². The van der Waals surface area contributed by atoms with Crippen molar-refractivity contribution in [3.63, 3.8) is 0 Å². The largest absolute Gasteiger partial charge is 1.00 e. The molecule has 0 radical (unpaired) electrons. The first-order valence-electron chi connectivity index (χ1n) is 1.57. The van der Waals surface area contributed by atoms with E-state index >= 15 is 0 Å². The van der Waals surface area contributed by atoms with Crippen LogP contribution in [-0.2, 0) is 14.6 Å². The molecule has 5 heteroatoms. The maximum atomic E-state index is 9.72. The van der Waals surface area contributed by atoms with Gasteiger partial charge in [-0.1, -0.05) is 0 Å². The van der Waals surface area contributed by atoms with Crippen LogP contribution in [0.1, 0.15) is 6.92 Å². The summed E-state index contributed by atoms with van der Waals surface area (Å²) >= 11 is 0. The fourth-order valence-electron chi connectivity index (χ4n) is 0.0893. The minimum atomic E-state index is -0.606. The van der Waals surface area contributed by atoms with Gasteiger partial charge in [-0.2, -0.15) is 0 Å². The van der Waals surface area contributed by atoms with E-state index in [0.717, 1.165) is 6.92 Å². The summed E-state index contributed by atoms with van der Waals surface area (Å²) in [5.74, 6) is -0.606. The van der Waals surface area contributed by atoms with Gasteiger partial charge in [-0.05, 0) is 0 Å². The molecular formula is C3H4KNO3. The Hall–Kier alpha value is 0.576. The van der Waals surface area contributed by atoms with Crippen LogP contribution >= 0.6 is 0 Å². The van der Waals surface area contributed by atoms with Crippen molar-refractivity contribution < 1.29 is 66.0 Å². The first kappa shape index (κ1) is 11.4. The molecule has 0 amide bonds. The Morgan fingerprint density at radius 2 is 2.25 bits per heavy atom. The maximum Gasteiger partial charge on any atom is 1.00 e. The molecule has 0 aromatic carbocycles. The number of carbonyl (C=O) groups excluding carboxylic acids is 1. The van der Waals surface area contributed by atoms with E-state index in [1.165, 1.54) is 0 Å². The first-order valence-corrected chi connectivity index (χ1v) is 1.57. The molecule has 8 heavy (non-hydrogen) atoms. The summed E-state index contributed by atoms with van der Waals surface area (Å²) in [7, 11) is 0. The van der Waals surface area contributed by atoms with E-state index in [4.69, 9.17) is 5.41 Å². The molecular weight excluding hydrogens is 137 g/mol. The third kappa shape index (κ3) is 9.76. The molecule has 0 saturated heterocycles. The van der Waals surface area contributed by atoms with Crippen molar-refractivity contribution in [3.8, 4) is 0 Å². The molecule has 0 aliphatic heterocycles. The maximum absolute atomic E-state index is 9.72. The second kappa shape index (κ2) is 7.58. The number of hydrogen-bond acceptors (Lipinski definition) is 3. The van der Waals surface area contributed by atoms with E-state index in [1.54, 1.807) is 0 Å². The van der Waals surface area contributed by atoms with Crippen LogP contribution in [0, 0.1) is 0 Å². The summed E-state index contributed by atoms with van der Waals surface area (Å²) in [6.45, 7) is 1.16. The summed E-state index contributed by atoms with van der Waals surface area (Å²) in [5.41, 5.74) is 0. The SMILES string of the molecule is CC(=O)OOC=[N-].[K+]. The molecule has 4 nitrogen and oxygen atoms in total. The van der Waals surface area contributed by atoms with Gasteiger partial charge in [-0.15, -0.1) is 0 Å². The van der Waals surface area contributed by atoms with Gasteiger partial charge in [0.05, 0.1) is 0 Å². The van der Waals surface area contributed by atoms with Crippen molar-refractivity contribution in [2.75, 3.05) is 0 Å². The molecule has 0 N–H and O–H groups in total. The fourth-order valence-corrected chi connectivity index (χ4v) is 0.0893. The molecule has 0 aromatic heterocycles. The van der Waals surface area contributed by atoms with E-state index in [9.17, 15) is 4.79 Å². The Labute approximate surface area is 89.4 Å². The van der Waals surface area contributed by atoms with Crippen molar-refractivity contribution in [3.05, 3.63) is 5.41 Å². The summed E-state index contributed by atoms with van der Waals surface area (Å²) in [6, 6.07) is 0. The Morgan fingerprint density at radius 1 is 1.75 bits per heavy atom. The zero-order chi connectivity index (χ0) is 5.70. The molecule has 0 atom stereocenters. The van der Waals surface area contributed by atoms with Gasteiger partial charge in [0, 0.05) is 13.3 Å². The minimum Gasteiger partial charge on any atom is -0.774 e. The molecule has 0 aromatic rings. The van der Waals surface area contributed by atoms with E-state index in [0.29, 0.717) is 0 Å². The van der Waals surface area contributed by atoms with E-state index in [2.05, 4.69) is 9.78 Å². The van der Waals surface area contributed by atoms with E-state index in [1.807, 2.05) is 0 Å². The van der Waals surface area contributed by atoms with Gasteiger partial charge in [-0.3, -0.25) is 4.89 Å². The smallest absolute Gasteiger partial charge is 0.774 e. The average Bonchev–Trinajstić information content (AvgIpc) is 1.61. The van der Waals surface area contributed by atoms with Crippen molar-refractivity contribution in [1.82, 2.24) is 0 Å². The molecule has 0 rings (SSSR count). The third-order valence-electron chi connectivity index (χ3n) is 0.208. The molecule has 0 aliphatic rings. The standard InChI is InChI=1S/C3H4NO3.K/c1-3(5)7-6-2-4;/h2H,1H3;/q-1;+1. The number of rotatable bonds is 2. The van der Waals surface area contributed by atoms with E-state index < -0.39 is 5.97 Å². The summed E-state index contributed by atoms with van der Waals surface area (Å²) in [5, 5.41) is 7.69. The summed E-state index contributed by atoms with van der Waals surface area (Å²) in [6.07, 6.45) is 0.279. The summed E-state index contributed by atoms with van der Waals surface area (Å²) < 4.78 is 0. The van der Waals surface area contributed by atoms with Gasteiger partial charge in [0.1, 0.15) is 0 Å². The number of carbonyl (C=O) groups is 1. The van der Waals surface area contributed by atoms with Gasteiger partial charge in [-0.25, -0.2) is 4.79 Å². The second-order valence-electron chi connectivity index (χ2n) is 0.777. The molecule has 0 fully saturated rings. The predicted molar refractivity (Wildman–Crippen MR) is 22.3 cm³/mol. The first-order chi connectivity index (χ1) is 3.27. The van der Waals surface area contributed by atoms with Gasteiger partial charge in [0.2, 0.25) is 0 Å². The van der Waals surface area contributed by atoms with Crippen LogP contribution < -0.4 is 51.4 Å². The van der Waals surface area contributed by atoms with Crippen LogP contribution in [0.4, 0.5) is 0 Å². The van der Waals surface area contributed by atoms with Gasteiger partial charge < -0.3 is 10.3 Å². The normalized spacial score (nSPS) is 6.12. The molecule has 0 heterocycles. The number of nitrogens with zero attached hydrogens (tertiary/aromatic N) is 1. The van der Waals surface area contributed by atoms with Crippen LogP contribution in [0.25, 0.3) is 5.41 Å². The molecule has 0 bridgehead atoms. The van der Waals surface area contributed by atoms with Gasteiger partial charge in [0.15, 0.2) is 0 Å². The molecule has 0 spiro atoms. The van der Waals surface area contributed by atoms with Crippen LogP contribution in [-0.4, -0.2) is 12.4 Å². The molecule has 0 unspecified atom stereocenters. The molecule has 0 aliphatic carbocycles. The topological polar surface area (TPSA) is 57.8 Å². The Kier molecular flexibility index (Phi) is 10.8. The van der Waals surface area contributed by atoms with Crippen molar-refractivity contribution in [2.45, 2.75) is 6.92 Å². The summed E-state index contributed by atoms with van der Waals surface area (Å²) in [4.78, 5) is 17.1. The van der Waals surface area contributed by atoms with Crippen LogP contribution in [0.5, 0.6) is 0 Å². The van der Waals surface area contributed by atoms with E-state index in [-0.39, 0.29) is 57.8 Å². The number of hydrogen-bond donors (Lipinski definition) is 0. The average molecular weight is 141 g/mol. The minimum absolute atomic E-state index is 0. The second-order valence-corrected chi connectivity index (χ2v) is 0.777. The zero-order valence-corrected chi connectivity index (χ0v) is 7.87. The van der Waals surface area contributed by atoms with Crippen LogP contribution in [0.15, 0.2) is 0 Å². The monoisotopic (exact) mass is 141 g/mol. The van der Waals surface area contributed by atoms with Crippen molar-refractivity contribution in [1.29, 1.82) is 0 Å². The Morgan fingerprint density at radius 3 is 2.38 bits per heavy atom. The Balaban J connectivity index is 0. The van der Waals surface area contributed by atoms with Gasteiger partial charge in [0.25, 0.3) is 0 Å². The quantitative estimate of drug-likeness (QED) is 0.136. The van der Waals surface area contributed by atoms with Crippen LogP contribution in [0.2, 0.25) is 0 Å². The van der Waals surface area contributed by atoms with Crippen molar-refractivity contribution >= 4 is 12.4 Å². The Bertz CT molecular complexity index is 84.6. The third-order valence-corrected chi connectivity index (χ3v) is 0.208. The predicted octanol–water partition coefficient (Wildman–Crippen LogP) is -2.92. The molecule has 0 saturated carbocycles. The fraction of sp³-hybridized carbons (Fsp3) is 0.333. The molecule has 40 valence electrons.